The van der Waals surface area contributed by atoms with Gasteiger partial charge >= 0.3 is 0 Å². The normalized spacial score (nSPS) is 18.8. The van der Waals surface area contributed by atoms with Crippen molar-refractivity contribution in [3.05, 3.63) is 94.4 Å². The maximum atomic E-state index is 13.0. The number of nitrogens with one attached hydrogen (secondary N) is 1. The first-order valence-corrected chi connectivity index (χ1v) is 12.6. The Kier molecular flexibility index (Phi) is 5.79. The third kappa shape index (κ3) is 4.38. The SMILES string of the molecule is O=C(Nc1ccc(Cn2ccccc2=O)cc1)[C@@H]1CCCN(C2=NS(=O)(=O)c3ccccc32)C1. The number of carbonyl (C=O) groups is 1. The largest absolute Gasteiger partial charge is 0.355 e. The molecule has 1 amide bonds. The van der Waals surface area contributed by atoms with Crippen LogP contribution >= 0.6 is 0 Å². The lowest BCUT2D eigenvalue weighted by Gasteiger charge is -2.33. The summed E-state index contributed by atoms with van der Waals surface area (Å²) in [6.07, 6.45) is 3.23. The van der Waals surface area contributed by atoms with E-state index in [0.717, 1.165) is 18.4 Å². The minimum Gasteiger partial charge on any atom is -0.355 e. The summed E-state index contributed by atoms with van der Waals surface area (Å²) in [5, 5.41) is 2.97. The van der Waals surface area contributed by atoms with Gasteiger partial charge in [-0.15, -0.1) is 4.40 Å². The molecule has 2 aliphatic heterocycles. The average molecular weight is 477 g/mol. The molecule has 1 atom stereocenters. The van der Waals surface area contributed by atoms with Crippen molar-refractivity contribution in [2.75, 3.05) is 18.4 Å². The van der Waals surface area contributed by atoms with Gasteiger partial charge < -0.3 is 14.8 Å². The zero-order valence-corrected chi connectivity index (χ0v) is 19.2. The lowest BCUT2D eigenvalue weighted by Crippen LogP contribution is -2.43. The molecular weight excluding hydrogens is 452 g/mol. The van der Waals surface area contributed by atoms with E-state index in [2.05, 4.69) is 9.71 Å². The molecule has 8 nitrogen and oxygen atoms in total. The van der Waals surface area contributed by atoms with Crippen molar-refractivity contribution in [1.29, 1.82) is 0 Å². The van der Waals surface area contributed by atoms with E-state index in [4.69, 9.17) is 0 Å². The monoisotopic (exact) mass is 476 g/mol. The number of rotatable bonds is 4. The van der Waals surface area contributed by atoms with Crippen molar-refractivity contribution in [2.24, 2.45) is 10.3 Å². The molecule has 1 fully saturated rings. The van der Waals surface area contributed by atoms with E-state index in [1.165, 1.54) is 6.07 Å². The fourth-order valence-electron chi connectivity index (χ4n) is 4.43. The Hall–Kier alpha value is -3.72. The zero-order valence-electron chi connectivity index (χ0n) is 18.4. The van der Waals surface area contributed by atoms with Crippen LogP contribution in [0.3, 0.4) is 0 Å². The van der Waals surface area contributed by atoms with Gasteiger partial charge in [0.1, 0.15) is 4.90 Å². The standard InChI is InChI=1S/C25H24N4O4S/c30-23-9-3-4-14-28(23)16-18-10-12-20(13-11-18)26-25(31)19-6-5-15-29(17-19)24-21-7-1-2-8-22(21)34(32,33)27-24/h1-4,7-14,19H,5-6,15-17H2,(H,26,31)/t19-/m1/s1. The van der Waals surface area contributed by atoms with E-state index in [-0.39, 0.29) is 22.3 Å². The lowest BCUT2D eigenvalue weighted by atomic mass is 9.96. The van der Waals surface area contributed by atoms with E-state index in [1.807, 2.05) is 35.2 Å². The molecule has 3 aromatic rings. The molecule has 2 aromatic carbocycles. The number of sulfonamides is 1. The van der Waals surface area contributed by atoms with Crippen molar-refractivity contribution >= 4 is 27.5 Å². The average Bonchev–Trinajstić information content (AvgIpc) is 3.13. The van der Waals surface area contributed by atoms with E-state index in [0.29, 0.717) is 36.7 Å². The van der Waals surface area contributed by atoms with Gasteiger partial charge in [-0.3, -0.25) is 9.59 Å². The first-order valence-electron chi connectivity index (χ1n) is 11.2. The molecule has 1 N–H and O–H groups in total. The number of amides is 1. The van der Waals surface area contributed by atoms with Crippen LogP contribution in [0.25, 0.3) is 0 Å². The van der Waals surface area contributed by atoms with Crippen LogP contribution in [-0.2, 0) is 21.4 Å². The first kappa shape index (κ1) is 22.1. The van der Waals surface area contributed by atoms with Gasteiger partial charge in [-0.2, -0.15) is 8.42 Å². The Morgan fingerprint density at radius 3 is 2.59 bits per heavy atom. The van der Waals surface area contributed by atoms with E-state index in [9.17, 15) is 18.0 Å². The van der Waals surface area contributed by atoms with Crippen LogP contribution in [0.2, 0.25) is 0 Å². The van der Waals surface area contributed by atoms with Gasteiger partial charge in [0.05, 0.1) is 12.5 Å². The van der Waals surface area contributed by atoms with Gasteiger partial charge in [0.25, 0.3) is 15.6 Å². The molecular formula is C25H24N4O4S. The fraction of sp³-hybridized carbons (Fsp3) is 0.240. The van der Waals surface area contributed by atoms with Crippen molar-refractivity contribution in [1.82, 2.24) is 9.47 Å². The highest BCUT2D eigenvalue weighted by Crippen LogP contribution is 2.30. The predicted octanol–water partition coefficient (Wildman–Crippen LogP) is 2.70. The summed E-state index contributed by atoms with van der Waals surface area (Å²) in [7, 11) is -3.70. The zero-order chi connectivity index (χ0) is 23.7. The number of likely N-dealkylation sites (tertiary alicyclic amines) is 1. The van der Waals surface area contributed by atoms with Gasteiger partial charge in [0.2, 0.25) is 5.91 Å². The Morgan fingerprint density at radius 2 is 1.79 bits per heavy atom. The summed E-state index contributed by atoms with van der Waals surface area (Å²) in [4.78, 5) is 27.0. The van der Waals surface area contributed by atoms with Crippen molar-refractivity contribution in [2.45, 2.75) is 24.3 Å². The van der Waals surface area contributed by atoms with Gasteiger partial charge in [-0.25, -0.2) is 0 Å². The smallest absolute Gasteiger partial charge is 0.285 e. The Morgan fingerprint density at radius 1 is 1.03 bits per heavy atom. The molecule has 0 bridgehead atoms. The molecule has 3 heterocycles. The maximum Gasteiger partial charge on any atom is 0.285 e. The topological polar surface area (TPSA) is 101 Å². The Labute approximate surface area is 197 Å². The van der Waals surface area contributed by atoms with Gasteiger partial charge in [0, 0.05) is 36.6 Å². The summed E-state index contributed by atoms with van der Waals surface area (Å²) >= 11 is 0. The molecule has 0 unspecified atom stereocenters. The lowest BCUT2D eigenvalue weighted by molar-refractivity contribution is -0.121. The minimum atomic E-state index is -3.70. The summed E-state index contributed by atoms with van der Waals surface area (Å²) < 4.78 is 30.4. The molecule has 0 radical (unpaired) electrons. The Bertz CT molecular complexity index is 1430. The van der Waals surface area contributed by atoms with Gasteiger partial charge in [-0.05, 0) is 48.7 Å². The number of amidine groups is 1. The highest BCUT2D eigenvalue weighted by atomic mass is 32.2. The van der Waals surface area contributed by atoms with Crippen molar-refractivity contribution < 1.29 is 13.2 Å². The summed E-state index contributed by atoms with van der Waals surface area (Å²) in [5.74, 6) is 0.0366. The number of carbonyl (C=O) groups excluding carboxylic acids is 1. The van der Waals surface area contributed by atoms with Gasteiger partial charge in [-0.1, -0.05) is 30.3 Å². The molecule has 9 heteroatoms. The third-order valence-corrected chi connectivity index (χ3v) is 7.50. The van der Waals surface area contributed by atoms with Crippen LogP contribution in [-0.4, -0.2) is 42.7 Å². The van der Waals surface area contributed by atoms with E-state index >= 15 is 0 Å². The van der Waals surface area contributed by atoms with Gasteiger partial charge in [0.15, 0.2) is 5.84 Å². The number of nitrogens with zero attached hydrogens (tertiary/aromatic N) is 3. The van der Waals surface area contributed by atoms with E-state index in [1.54, 1.807) is 41.1 Å². The summed E-state index contributed by atoms with van der Waals surface area (Å²) in [6.45, 7) is 1.52. The van der Waals surface area contributed by atoms with E-state index < -0.39 is 10.0 Å². The second-order valence-corrected chi connectivity index (χ2v) is 10.1. The molecule has 34 heavy (non-hydrogen) atoms. The van der Waals surface area contributed by atoms with Crippen LogP contribution in [0.1, 0.15) is 24.0 Å². The number of pyridine rings is 1. The maximum absolute atomic E-state index is 13.0. The second kappa shape index (κ2) is 8.90. The van der Waals surface area contributed by atoms with Crippen LogP contribution in [0.4, 0.5) is 5.69 Å². The molecule has 0 saturated carbocycles. The third-order valence-electron chi connectivity index (χ3n) is 6.18. The van der Waals surface area contributed by atoms with Crippen molar-refractivity contribution in [3.8, 4) is 0 Å². The molecule has 0 aliphatic carbocycles. The number of hydrogen-bond acceptors (Lipinski definition) is 5. The minimum absolute atomic E-state index is 0.0657. The number of anilines is 1. The number of fused-ring (bicyclic) bond motifs is 1. The Balaban J connectivity index is 1.25. The molecule has 174 valence electrons. The number of hydrogen-bond donors (Lipinski definition) is 1. The van der Waals surface area contributed by atoms with Crippen molar-refractivity contribution in [3.63, 3.8) is 0 Å². The fourth-order valence-corrected chi connectivity index (χ4v) is 5.65. The molecule has 1 saturated heterocycles. The molecule has 0 spiro atoms. The highest BCUT2D eigenvalue weighted by molar-refractivity contribution is 7.90. The van der Waals surface area contributed by atoms with Crippen LogP contribution in [0.5, 0.6) is 0 Å². The number of piperidine rings is 1. The first-order chi connectivity index (χ1) is 16.4. The predicted molar refractivity (Wildman–Crippen MR) is 129 cm³/mol. The molecule has 1 aromatic heterocycles. The molecule has 2 aliphatic rings. The number of benzene rings is 2. The van der Waals surface area contributed by atoms with Crippen LogP contribution < -0.4 is 10.9 Å². The van der Waals surface area contributed by atoms with Crippen LogP contribution in [0, 0.1) is 5.92 Å². The van der Waals surface area contributed by atoms with Crippen LogP contribution in [0.15, 0.2) is 87.0 Å². The second-order valence-electron chi connectivity index (χ2n) is 8.52. The molecule has 5 rings (SSSR count). The summed E-state index contributed by atoms with van der Waals surface area (Å²) in [6, 6.07) is 19.3. The highest BCUT2D eigenvalue weighted by Gasteiger charge is 2.35. The quantitative estimate of drug-likeness (QED) is 0.624. The number of aromatic nitrogens is 1. The summed E-state index contributed by atoms with van der Waals surface area (Å²) in [5.41, 5.74) is 2.16.